The number of benzene rings is 1. The average Bonchev–Trinajstić information content (AvgIpc) is 2.39. The average molecular weight is 263 g/mol. The van der Waals surface area contributed by atoms with Crippen molar-refractivity contribution in [3.8, 4) is 0 Å². The zero-order valence-electron chi connectivity index (χ0n) is 11.9. The molecule has 0 aliphatic carbocycles. The number of nitrogens with one attached hydrogen (secondary N) is 1. The van der Waals surface area contributed by atoms with Crippen LogP contribution >= 0.6 is 0 Å². The fourth-order valence-electron chi connectivity index (χ4n) is 1.86. The fourth-order valence-corrected chi connectivity index (χ4v) is 1.86. The van der Waals surface area contributed by atoms with E-state index < -0.39 is 0 Å². The maximum Gasteiger partial charge on any atom is 0.234 e. The summed E-state index contributed by atoms with van der Waals surface area (Å²) in [5.74, 6) is 0.0683. The largest absolute Gasteiger partial charge is 0.353 e. The molecule has 0 aliphatic heterocycles. The summed E-state index contributed by atoms with van der Waals surface area (Å²) in [5.41, 5.74) is 6.81. The third-order valence-electron chi connectivity index (χ3n) is 3.08. The first-order chi connectivity index (χ1) is 9.15. The van der Waals surface area contributed by atoms with Crippen molar-refractivity contribution >= 4 is 5.91 Å². The topological polar surface area (TPSA) is 58.4 Å². The Morgan fingerprint density at radius 1 is 1.37 bits per heavy atom. The number of hydrogen-bond acceptors (Lipinski definition) is 3. The molecule has 106 valence electrons. The Kier molecular flexibility index (Phi) is 7.15. The predicted octanol–water partition coefficient (Wildman–Crippen LogP) is 1.36. The van der Waals surface area contributed by atoms with Crippen LogP contribution in [0.4, 0.5) is 0 Å². The molecule has 1 atom stereocenters. The molecular weight excluding hydrogens is 238 g/mol. The molecule has 0 heterocycles. The third-order valence-corrected chi connectivity index (χ3v) is 3.08. The molecule has 1 rings (SSSR count). The Morgan fingerprint density at radius 3 is 2.63 bits per heavy atom. The lowest BCUT2D eigenvalue weighted by atomic mass is 10.2. The van der Waals surface area contributed by atoms with Crippen LogP contribution in [0.5, 0.6) is 0 Å². The van der Waals surface area contributed by atoms with E-state index >= 15 is 0 Å². The van der Waals surface area contributed by atoms with Crippen LogP contribution in [0.2, 0.25) is 0 Å². The van der Waals surface area contributed by atoms with E-state index in [1.807, 2.05) is 25.1 Å². The number of nitrogens with two attached hydrogens (primary N) is 1. The van der Waals surface area contributed by atoms with Gasteiger partial charge in [-0.25, -0.2) is 0 Å². The van der Waals surface area contributed by atoms with Crippen molar-refractivity contribution in [3.63, 3.8) is 0 Å². The Bertz CT molecular complexity index is 367. The molecule has 0 aliphatic rings. The first kappa shape index (κ1) is 15.7. The van der Waals surface area contributed by atoms with E-state index in [1.54, 1.807) is 0 Å². The number of rotatable bonds is 8. The molecule has 0 fully saturated rings. The van der Waals surface area contributed by atoms with Gasteiger partial charge < -0.3 is 11.1 Å². The van der Waals surface area contributed by atoms with Crippen molar-refractivity contribution in [1.82, 2.24) is 10.2 Å². The molecule has 1 unspecified atom stereocenters. The number of amides is 1. The van der Waals surface area contributed by atoms with Crippen molar-refractivity contribution < 1.29 is 4.79 Å². The monoisotopic (exact) mass is 263 g/mol. The molecule has 0 aromatic heterocycles. The molecule has 1 aromatic rings. The third kappa shape index (κ3) is 6.36. The molecule has 0 saturated carbocycles. The number of carbonyl (C=O) groups excluding carboxylic acids is 1. The van der Waals surface area contributed by atoms with Crippen LogP contribution in [0, 0.1) is 0 Å². The minimum absolute atomic E-state index is 0.0683. The molecular formula is C15H25N3O. The van der Waals surface area contributed by atoms with Crippen molar-refractivity contribution in [2.24, 2.45) is 5.73 Å². The SMILES string of the molecule is CCC(C)NC(=O)CN(CCN)Cc1ccccc1. The van der Waals surface area contributed by atoms with Crippen molar-refractivity contribution in [2.75, 3.05) is 19.6 Å². The Balaban J connectivity index is 2.50. The fraction of sp³-hybridized carbons (Fsp3) is 0.533. The van der Waals surface area contributed by atoms with Crippen LogP contribution in [-0.2, 0) is 11.3 Å². The van der Waals surface area contributed by atoms with Crippen molar-refractivity contribution in [1.29, 1.82) is 0 Å². The van der Waals surface area contributed by atoms with Gasteiger partial charge in [-0.3, -0.25) is 9.69 Å². The van der Waals surface area contributed by atoms with Gasteiger partial charge in [0.2, 0.25) is 5.91 Å². The quantitative estimate of drug-likeness (QED) is 0.744. The maximum absolute atomic E-state index is 11.9. The van der Waals surface area contributed by atoms with Gasteiger partial charge in [0, 0.05) is 25.7 Å². The van der Waals surface area contributed by atoms with Crippen LogP contribution in [0.1, 0.15) is 25.8 Å². The zero-order chi connectivity index (χ0) is 14.1. The highest BCUT2D eigenvalue weighted by molar-refractivity contribution is 5.78. The summed E-state index contributed by atoms with van der Waals surface area (Å²) in [6.07, 6.45) is 0.946. The summed E-state index contributed by atoms with van der Waals surface area (Å²) < 4.78 is 0. The highest BCUT2D eigenvalue weighted by Crippen LogP contribution is 2.03. The maximum atomic E-state index is 11.9. The van der Waals surface area contributed by atoms with E-state index in [0.29, 0.717) is 13.1 Å². The molecule has 4 nitrogen and oxygen atoms in total. The van der Waals surface area contributed by atoms with Gasteiger partial charge in [0.1, 0.15) is 0 Å². The number of nitrogens with zero attached hydrogens (tertiary/aromatic N) is 1. The summed E-state index contributed by atoms with van der Waals surface area (Å²) in [7, 11) is 0. The van der Waals surface area contributed by atoms with Gasteiger partial charge in [-0.2, -0.15) is 0 Å². The number of hydrogen-bond donors (Lipinski definition) is 2. The second kappa shape index (κ2) is 8.67. The molecule has 0 bridgehead atoms. The van der Waals surface area contributed by atoms with Crippen molar-refractivity contribution in [3.05, 3.63) is 35.9 Å². The van der Waals surface area contributed by atoms with Crippen molar-refractivity contribution in [2.45, 2.75) is 32.9 Å². The summed E-state index contributed by atoms with van der Waals surface area (Å²) >= 11 is 0. The second-order valence-electron chi connectivity index (χ2n) is 4.86. The second-order valence-corrected chi connectivity index (χ2v) is 4.86. The van der Waals surface area contributed by atoms with E-state index in [4.69, 9.17) is 5.73 Å². The highest BCUT2D eigenvalue weighted by Gasteiger charge is 2.12. The normalized spacial score (nSPS) is 12.4. The summed E-state index contributed by atoms with van der Waals surface area (Å²) in [4.78, 5) is 14.0. The predicted molar refractivity (Wildman–Crippen MR) is 78.7 cm³/mol. The summed E-state index contributed by atoms with van der Waals surface area (Å²) in [5, 5.41) is 2.98. The Hall–Kier alpha value is -1.39. The van der Waals surface area contributed by atoms with E-state index in [1.165, 1.54) is 5.56 Å². The van der Waals surface area contributed by atoms with E-state index in [2.05, 4.69) is 29.3 Å². The van der Waals surface area contributed by atoms with Gasteiger partial charge in [-0.15, -0.1) is 0 Å². The molecule has 19 heavy (non-hydrogen) atoms. The highest BCUT2D eigenvalue weighted by atomic mass is 16.2. The molecule has 0 radical (unpaired) electrons. The van der Waals surface area contributed by atoms with Gasteiger partial charge in [-0.1, -0.05) is 37.3 Å². The van der Waals surface area contributed by atoms with Gasteiger partial charge in [0.25, 0.3) is 0 Å². The zero-order valence-corrected chi connectivity index (χ0v) is 11.9. The van der Waals surface area contributed by atoms with Gasteiger partial charge >= 0.3 is 0 Å². The molecule has 0 saturated heterocycles. The minimum atomic E-state index is 0.0683. The lowest BCUT2D eigenvalue weighted by molar-refractivity contribution is -0.123. The van der Waals surface area contributed by atoms with Crippen LogP contribution in [0.15, 0.2) is 30.3 Å². The van der Waals surface area contributed by atoms with Gasteiger partial charge in [-0.05, 0) is 18.9 Å². The molecule has 0 spiro atoms. The summed E-state index contributed by atoms with van der Waals surface area (Å²) in [6, 6.07) is 10.4. The van der Waals surface area contributed by atoms with E-state index in [-0.39, 0.29) is 11.9 Å². The first-order valence-electron chi connectivity index (χ1n) is 6.91. The number of carbonyl (C=O) groups is 1. The lowest BCUT2D eigenvalue weighted by Gasteiger charge is -2.22. The standard InChI is InChI=1S/C15H25N3O/c1-3-13(2)17-15(19)12-18(10-9-16)11-14-7-5-4-6-8-14/h4-8,13H,3,9-12,16H2,1-2H3,(H,17,19). The molecule has 1 amide bonds. The first-order valence-corrected chi connectivity index (χ1v) is 6.91. The minimum Gasteiger partial charge on any atom is -0.353 e. The Morgan fingerprint density at radius 2 is 2.05 bits per heavy atom. The van der Waals surface area contributed by atoms with Crippen LogP contribution in [0.3, 0.4) is 0 Å². The smallest absolute Gasteiger partial charge is 0.234 e. The van der Waals surface area contributed by atoms with Crippen LogP contribution in [0.25, 0.3) is 0 Å². The van der Waals surface area contributed by atoms with Crippen LogP contribution in [-0.4, -0.2) is 36.5 Å². The van der Waals surface area contributed by atoms with E-state index in [0.717, 1.165) is 19.5 Å². The summed E-state index contributed by atoms with van der Waals surface area (Å²) in [6.45, 7) is 6.52. The molecule has 3 N–H and O–H groups in total. The lowest BCUT2D eigenvalue weighted by Crippen LogP contribution is -2.42. The van der Waals surface area contributed by atoms with Crippen LogP contribution < -0.4 is 11.1 Å². The van der Waals surface area contributed by atoms with E-state index in [9.17, 15) is 4.79 Å². The molecule has 1 aromatic carbocycles. The van der Waals surface area contributed by atoms with Gasteiger partial charge in [0.05, 0.1) is 6.54 Å². The Labute approximate surface area is 116 Å². The molecule has 4 heteroatoms. The van der Waals surface area contributed by atoms with Gasteiger partial charge in [0.15, 0.2) is 0 Å².